The van der Waals surface area contributed by atoms with Crippen LogP contribution in [0.5, 0.6) is 0 Å². The summed E-state index contributed by atoms with van der Waals surface area (Å²) in [6.07, 6.45) is 0. The summed E-state index contributed by atoms with van der Waals surface area (Å²) in [5.41, 5.74) is 11.5. The second-order valence-electron chi connectivity index (χ2n) is 2.42. The molecule has 1 aromatic rings. The fourth-order valence-corrected chi connectivity index (χ4v) is 0.945. The average molecular weight is 171 g/mol. The number of hydrogen-bond donors (Lipinski definition) is 4. The number of hydrogen-bond acceptors (Lipinski definition) is 5. The standard InChI is InChI=1S/C6H13N5O/c1-11-6(9-2-3-12)4(7)5(8)10-11/h9,12H,2-3,7H2,1H3,(H2,8,10). The van der Waals surface area contributed by atoms with E-state index in [0.29, 0.717) is 23.9 Å². The van der Waals surface area contributed by atoms with Crippen LogP contribution in [-0.4, -0.2) is 28.0 Å². The van der Waals surface area contributed by atoms with Gasteiger partial charge in [0.2, 0.25) is 0 Å². The van der Waals surface area contributed by atoms with Crippen LogP contribution in [-0.2, 0) is 7.05 Å². The van der Waals surface area contributed by atoms with Crippen LogP contribution in [0.15, 0.2) is 0 Å². The van der Waals surface area contributed by atoms with Crippen molar-refractivity contribution < 1.29 is 5.11 Å². The summed E-state index contributed by atoms with van der Waals surface area (Å²) in [6.45, 7) is 0.480. The first-order chi connectivity index (χ1) is 5.66. The lowest BCUT2D eigenvalue weighted by atomic mass is 10.4. The quantitative estimate of drug-likeness (QED) is 0.466. The number of nitrogens with one attached hydrogen (secondary N) is 1. The van der Waals surface area contributed by atoms with Gasteiger partial charge in [0, 0.05) is 13.6 Å². The molecule has 0 aromatic carbocycles. The third-order valence-corrected chi connectivity index (χ3v) is 1.52. The number of aliphatic hydroxyl groups is 1. The van der Waals surface area contributed by atoms with Crippen molar-refractivity contribution in [2.45, 2.75) is 0 Å². The Morgan fingerprint density at radius 2 is 2.25 bits per heavy atom. The molecule has 0 spiro atoms. The molecular weight excluding hydrogens is 158 g/mol. The van der Waals surface area contributed by atoms with E-state index in [1.54, 1.807) is 11.7 Å². The Morgan fingerprint density at radius 1 is 1.58 bits per heavy atom. The van der Waals surface area contributed by atoms with Crippen LogP contribution in [0.1, 0.15) is 0 Å². The minimum Gasteiger partial charge on any atom is -0.395 e. The lowest BCUT2D eigenvalue weighted by molar-refractivity contribution is 0.311. The molecular formula is C6H13N5O. The summed E-state index contributed by atoms with van der Waals surface area (Å²) in [6, 6.07) is 0. The van der Waals surface area contributed by atoms with E-state index >= 15 is 0 Å². The summed E-state index contributed by atoms with van der Waals surface area (Å²) in [5, 5.41) is 15.3. The van der Waals surface area contributed by atoms with Gasteiger partial charge in [-0.15, -0.1) is 0 Å². The van der Waals surface area contributed by atoms with Gasteiger partial charge in [0.25, 0.3) is 0 Å². The zero-order chi connectivity index (χ0) is 9.14. The molecule has 0 saturated heterocycles. The zero-order valence-electron chi connectivity index (χ0n) is 6.91. The van der Waals surface area contributed by atoms with E-state index in [0.717, 1.165) is 0 Å². The molecule has 12 heavy (non-hydrogen) atoms. The molecule has 0 amide bonds. The van der Waals surface area contributed by atoms with Crippen molar-refractivity contribution in [3.8, 4) is 0 Å². The molecule has 0 bridgehead atoms. The number of rotatable bonds is 3. The van der Waals surface area contributed by atoms with E-state index in [-0.39, 0.29) is 6.61 Å². The first kappa shape index (κ1) is 8.66. The predicted octanol–water partition coefficient (Wildman–Crippen LogP) is -1.01. The van der Waals surface area contributed by atoms with E-state index in [4.69, 9.17) is 16.6 Å². The Hall–Kier alpha value is -1.43. The maximum absolute atomic E-state index is 8.55. The maximum Gasteiger partial charge on any atom is 0.171 e. The third-order valence-electron chi connectivity index (χ3n) is 1.52. The van der Waals surface area contributed by atoms with Gasteiger partial charge in [0.05, 0.1) is 6.61 Å². The highest BCUT2D eigenvalue weighted by Crippen LogP contribution is 2.22. The molecule has 6 nitrogen and oxygen atoms in total. The second kappa shape index (κ2) is 3.31. The molecule has 0 atom stereocenters. The van der Waals surface area contributed by atoms with Gasteiger partial charge in [-0.05, 0) is 0 Å². The number of aromatic nitrogens is 2. The van der Waals surface area contributed by atoms with Crippen molar-refractivity contribution in [1.82, 2.24) is 9.78 Å². The fourth-order valence-electron chi connectivity index (χ4n) is 0.945. The molecule has 1 rings (SSSR count). The van der Waals surface area contributed by atoms with Crippen molar-refractivity contribution in [3.63, 3.8) is 0 Å². The van der Waals surface area contributed by atoms with Crippen LogP contribution in [0.4, 0.5) is 17.3 Å². The molecule has 0 unspecified atom stereocenters. The largest absolute Gasteiger partial charge is 0.395 e. The Bertz CT molecular complexity index is 269. The summed E-state index contributed by atoms with van der Waals surface area (Å²) in [4.78, 5) is 0. The molecule has 0 radical (unpaired) electrons. The van der Waals surface area contributed by atoms with E-state index in [9.17, 15) is 0 Å². The van der Waals surface area contributed by atoms with Crippen LogP contribution in [0.3, 0.4) is 0 Å². The van der Waals surface area contributed by atoms with Crippen molar-refractivity contribution in [2.24, 2.45) is 7.05 Å². The molecule has 1 heterocycles. The van der Waals surface area contributed by atoms with Gasteiger partial charge < -0.3 is 21.9 Å². The average Bonchev–Trinajstić information content (AvgIpc) is 2.25. The highest BCUT2D eigenvalue weighted by atomic mass is 16.3. The van der Waals surface area contributed by atoms with Crippen molar-refractivity contribution >= 4 is 17.3 Å². The van der Waals surface area contributed by atoms with Gasteiger partial charge in [0.15, 0.2) is 5.82 Å². The van der Waals surface area contributed by atoms with Gasteiger partial charge >= 0.3 is 0 Å². The van der Waals surface area contributed by atoms with Crippen molar-refractivity contribution in [1.29, 1.82) is 0 Å². The summed E-state index contributed by atoms with van der Waals surface area (Å²) >= 11 is 0. The fraction of sp³-hybridized carbons (Fsp3) is 0.500. The Kier molecular flexibility index (Phi) is 2.39. The van der Waals surface area contributed by atoms with Crippen LogP contribution in [0, 0.1) is 0 Å². The van der Waals surface area contributed by atoms with Gasteiger partial charge in [-0.1, -0.05) is 0 Å². The van der Waals surface area contributed by atoms with Crippen LogP contribution >= 0.6 is 0 Å². The van der Waals surface area contributed by atoms with Gasteiger partial charge in [0.1, 0.15) is 11.5 Å². The highest BCUT2D eigenvalue weighted by Gasteiger charge is 2.08. The zero-order valence-corrected chi connectivity index (χ0v) is 6.91. The number of nitrogens with two attached hydrogens (primary N) is 2. The number of anilines is 3. The van der Waals surface area contributed by atoms with Gasteiger partial charge in [-0.25, -0.2) is 4.68 Å². The second-order valence-corrected chi connectivity index (χ2v) is 2.42. The van der Waals surface area contributed by atoms with E-state index < -0.39 is 0 Å². The first-order valence-corrected chi connectivity index (χ1v) is 3.59. The minimum atomic E-state index is 0.0462. The molecule has 68 valence electrons. The van der Waals surface area contributed by atoms with E-state index in [1.807, 2.05) is 0 Å². The number of nitrogen functional groups attached to an aromatic ring is 2. The lowest BCUT2D eigenvalue weighted by Gasteiger charge is -2.04. The normalized spacial score (nSPS) is 10.2. The minimum absolute atomic E-state index is 0.0462. The molecule has 0 fully saturated rings. The monoisotopic (exact) mass is 171 g/mol. The lowest BCUT2D eigenvalue weighted by Crippen LogP contribution is -2.10. The van der Waals surface area contributed by atoms with Crippen LogP contribution < -0.4 is 16.8 Å². The molecule has 1 aromatic heterocycles. The third kappa shape index (κ3) is 1.42. The topological polar surface area (TPSA) is 102 Å². The Morgan fingerprint density at radius 3 is 2.67 bits per heavy atom. The molecule has 0 aliphatic carbocycles. The maximum atomic E-state index is 8.55. The molecule has 0 aliphatic heterocycles. The Balaban J connectivity index is 2.82. The van der Waals surface area contributed by atoms with Crippen molar-refractivity contribution in [2.75, 3.05) is 29.9 Å². The summed E-state index contributed by atoms with van der Waals surface area (Å²) in [7, 11) is 1.73. The highest BCUT2D eigenvalue weighted by molar-refractivity contribution is 5.73. The van der Waals surface area contributed by atoms with Crippen LogP contribution in [0.2, 0.25) is 0 Å². The van der Waals surface area contributed by atoms with Crippen molar-refractivity contribution in [3.05, 3.63) is 0 Å². The van der Waals surface area contributed by atoms with Gasteiger partial charge in [-0.2, -0.15) is 5.10 Å². The summed E-state index contributed by atoms with van der Waals surface area (Å²) < 4.78 is 1.54. The molecule has 6 heteroatoms. The van der Waals surface area contributed by atoms with E-state index in [1.165, 1.54) is 0 Å². The van der Waals surface area contributed by atoms with Crippen LogP contribution in [0.25, 0.3) is 0 Å². The summed E-state index contributed by atoms with van der Waals surface area (Å²) in [5.74, 6) is 0.944. The molecule has 0 aliphatic rings. The SMILES string of the molecule is Cn1nc(N)c(N)c1NCCO. The first-order valence-electron chi connectivity index (χ1n) is 3.59. The Labute approximate surface area is 70.2 Å². The van der Waals surface area contributed by atoms with Gasteiger partial charge in [-0.3, -0.25) is 0 Å². The van der Waals surface area contributed by atoms with E-state index in [2.05, 4.69) is 10.4 Å². The molecule has 0 saturated carbocycles. The number of nitrogens with zero attached hydrogens (tertiary/aromatic N) is 2. The number of aliphatic hydroxyl groups excluding tert-OH is 1. The predicted molar refractivity (Wildman–Crippen MR) is 47.6 cm³/mol. The molecule has 6 N–H and O–H groups in total. The number of aryl methyl sites for hydroxylation is 1. The smallest absolute Gasteiger partial charge is 0.171 e.